The zero-order valence-corrected chi connectivity index (χ0v) is 18.0. The lowest BCUT2D eigenvalue weighted by atomic mass is 9.98. The van der Waals surface area contributed by atoms with Crippen LogP contribution in [0.4, 0.5) is 5.69 Å². The average Bonchev–Trinajstić information content (AvgIpc) is 2.73. The summed E-state index contributed by atoms with van der Waals surface area (Å²) in [4.78, 5) is 17.8. The van der Waals surface area contributed by atoms with E-state index in [1.54, 1.807) is 0 Å². The van der Waals surface area contributed by atoms with E-state index < -0.39 is 0 Å². The van der Waals surface area contributed by atoms with E-state index in [1.165, 1.54) is 0 Å². The first-order chi connectivity index (χ1) is 14.3. The highest BCUT2D eigenvalue weighted by Gasteiger charge is 2.19. The van der Waals surface area contributed by atoms with Gasteiger partial charge in [0, 0.05) is 22.4 Å². The third kappa shape index (κ3) is 3.61. The number of benzene rings is 2. The van der Waals surface area contributed by atoms with Gasteiger partial charge < -0.3 is 9.73 Å². The molecule has 0 saturated heterocycles. The van der Waals surface area contributed by atoms with E-state index in [0.717, 1.165) is 33.8 Å². The van der Waals surface area contributed by atoms with Crippen LogP contribution in [0, 0.1) is 27.7 Å². The molecule has 4 aromatic rings. The minimum Gasteiger partial charge on any atom is -0.455 e. The molecule has 2 aromatic heterocycles. The van der Waals surface area contributed by atoms with Crippen molar-refractivity contribution in [2.45, 2.75) is 40.7 Å². The lowest BCUT2D eigenvalue weighted by Crippen LogP contribution is -2.13. The Kier molecular flexibility index (Phi) is 5.17. The fourth-order valence-corrected chi connectivity index (χ4v) is 3.90. The minimum atomic E-state index is -0.0647. The molecule has 0 spiro atoms. The summed E-state index contributed by atoms with van der Waals surface area (Å²) in [5.74, 6) is 0.624. The zero-order valence-electron chi connectivity index (χ0n) is 18.0. The van der Waals surface area contributed by atoms with Crippen LogP contribution in [-0.2, 0) is 0 Å². The number of hydrogen-bond acceptors (Lipinski definition) is 4. The predicted molar refractivity (Wildman–Crippen MR) is 123 cm³/mol. The van der Waals surface area contributed by atoms with E-state index in [0.29, 0.717) is 22.3 Å². The van der Waals surface area contributed by atoms with E-state index in [4.69, 9.17) is 4.42 Å². The topological polar surface area (TPSA) is 55.1 Å². The Labute approximate surface area is 176 Å². The van der Waals surface area contributed by atoms with Gasteiger partial charge in [-0.25, -0.2) is 0 Å². The van der Waals surface area contributed by atoms with Crippen LogP contribution in [-0.4, -0.2) is 4.98 Å². The summed E-state index contributed by atoms with van der Waals surface area (Å²) >= 11 is 0. The molecule has 4 nitrogen and oxygen atoms in total. The van der Waals surface area contributed by atoms with Crippen molar-refractivity contribution < 1.29 is 4.42 Å². The molecule has 4 heteroatoms. The number of aromatic nitrogens is 1. The van der Waals surface area contributed by atoms with E-state index in [1.807, 2.05) is 76.2 Å². The van der Waals surface area contributed by atoms with Crippen molar-refractivity contribution in [1.82, 2.24) is 4.98 Å². The Morgan fingerprint density at radius 3 is 2.40 bits per heavy atom. The summed E-state index contributed by atoms with van der Waals surface area (Å²) in [6, 6.07) is 17.8. The van der Waals surface area contributed by atoms with Crippen molar-refractivity contribution in [2.24, 2.45) is 0 Å². The van der Waals surface area contributed by atoms with E-state index in [2.05, 4.69) is 23.3 Å². The SMILES string of the molecule is Cc1cc([C@@H](C)Nc2ccc(C)nc2C)c2oc(-c3ccccc3)c(C)c(=O)c2c1. The number of nitrogens with zero attached hydrogens (tertiary/aromatic N) is 1. The quantitative estimate of drug-likeness (QED) is 0.441. The fraction of sp³-hybridized carbons (Fsp3) is 0.231. The number of hydrogen-bond donors (Lipinski definition) is 1. The number of pyridine rings is 1. The van der Waals surface area contributed by atoms with Gasteiger partial charge in [-0.05, 0) is 58.4 Å². The van der Waals surface area contributed by atoms with Crippen molar-refractivity contribution in [3.05, 3.63) is 92.9 Å². The zero-order chi connectivity index (χ0) is 21.4. The molecule has 2 aromatic carbocycles. The molecule has 0 saturated carbocycles. The first-order valence-corrected chi connectivity index (χ1v) is 10.2. The molecular weight excluding hydrogens is 372 g/mol. The number of aryl methyl sites for hydroxylation is 3. The van der Waals surface area contributed by atoms with Crippen LogP contribution in [0.3, 0.4) is 0 Å². The first-order valence-electron chi connectivity index (χ1n) is 10.2. The van der Waals surface area contributed by atoms with Crippen LogP contribution in [0.25, 0.3) is 22.3 Å². The monoisotopic (exact) mass is 398 g/mol. The maximum absolute atomic E-state index is 13.2. The lowest BCUT2D eigenvalue weighted by Gasteiger charge is -2.20. The van der Waals surface area contributed by atoms with Gasteiger partial charge in [0.05, 0.1) is 22.8 Å². The Morgan fingerprint density at radius 1 is 0.967 bits per heavy atom. The second-order valence-corrected chi connectivity index (χ2v) is 7.93. The van der Waals surface area contributed by atoms with Crippen molar-refractivity contribution >= 4 is 16.7 Å². The van der Waals surface area contributed by atoms with E-state index in [-0.39, 0.29) is 11.5 Å². The highest BCUT2D eigenvalue weighted by atomic mass is 16.3. The standard InChI is InChI=1S/C26H26N2O2/c1-15-13-21(18(4)28-23-12-11-16(2)27-19(23)5)26-22(14-15)24(29)17(3)25(30-26)20-9-7-6-8-10-20/h6-14,18,28H,1-5H3/t18-/m1/s1. The molecule has 0 radical (unpaired) electrons. The smallest absolute Gasteiger partial charge is 0.196 e. The lowest BCUT2D eigenvalue weighted by molar-refractivity contribution is 0.605. The normalized spacial score (nSPS) is 12.2. The van der Waals surface area contributed by atoms with Crippen molar-refractivity contribution in [3.8, 4) is 11.3 Å². The average molecular weight is 399 g/mol. The van der Waals surface area contributed by atoms with Crippen molar-refractivity contribution in [3.63, 3.8) is 0 Å². The Balaban J connectivity index is 1.89. The van der Waals surface area contributed by atoms with Crippen LogP contribution >= 0.6 is 0 Å². The Bertz CT molecular complexity index is 1290. The second kappa shape index (κ2) is 7.79. The molecule has 4 rings (SSSR count). The molecule has 1 N–H and O–H groups in total. The van der Waals surface area contributed by atoms with Gasteiger partial charge in [0.2, 0.25) is 0 Å². The summed E-state index contributed by atoms with van der Waals surface area (Å²) in [5, 5.41) is 4.16. The molecule has 0 aliphatic heterocycles. The summed E-state index contributed by atoms with van der Waals surface area (Å²) in [6.07, 6.45) is 0. The van der Waals surface area contributed by atoms with Crippen LogP contribution in [0.1, 0.15) is 41.0 Å². The van der Waals surface area contributed by atoms with Crippen LogP contribution in [0.5, 0.6) is 0 Å². The van der Waals surface area contributed by atoms with Gasteiger partial charge in [-0.3, -0.25) is 9.78 Å². The van der Waals surface area contributed by atoms with E-state index in [9.17, 15) is 4.79 Å². The van der Waals surface area contributed by atoms with Crippen LogP contribution < -0.4 is 10.7 Å². The minimum absolute atomic E-state index is 0.0143. The predicted octanol–water partition coefficient (Wildman–Crippen LogP) is 6.26. The number of rotatable bonds is 4. The van der Waals surface area contributed by atoms with Gasteiger partial charge in [0.25, 0.3) is 0 Å². The summed E-state index contributed by atoms with van der Waals surface area (Å²) < 4.78 is 6.40. The van der Waals surface area contributed by atoms with Crippen molar-refractivity contribution in [1.29, 1.82) is 0 Å². The molecule has 0 aliphatic rings. The third-order valence-electron chi connectivity index (χ3n) is 5.49. The maximum atomic E-state index is 13.2. The van der Waals surface area contributed by atoms with Crippen LogP contribution in [0.15, 0.2) is 63.8 Å². The molecular formula is C26H26N2O2. The van der Waals surface area contributed by atoms with Gasteiger partial charge in [-0.1, -0.05) is 36.4 Å². The highest BCUT2D eigenvalue weighted by Crippen LogP contribution is 2.32. The van der Waals surface area contributed by atoms with Crippen molar-refractivity contribution in [2.75, 3.05) is 5.32 Å². The van der Waals surface area contributed by atoms with Gasteiger partial charge in [0.15, 0.2) is 5.43 Å². The molecule has 1 atom stereocenters. The molecule has 30 heavy (non-hydrogen) atoms. The number of fused-ring (bicyclic) bond motifs is 1. The van der Waals surface area contributed by atoms with Crippen LogP contribution in [0.2, 0.25) is 0 Å². The summed E-state index contributed by atoms with van der Waals surface area (Å²) in [5.41, 5.74) is 7.07. The fourth-order valence-electron chi connectivity index (χ4n) is 3.90. The number of anilines is 1. The van der Waals surface area contributed by atoms with Gasteiger partial charge in [-0.15, -0.1) is 0 Å². The Hall–Kier alpha value is -3.40. The molecule has 2 heterocycles. The van der Waals surface area contributed by atoms with E-state index >= 15 is 0 Å². The molecule has 152 valence electrons. The molecule has 0 aliphatic carbocycles. The highest BCUT2D eigenvalue weighted by molar-refractivity contribution is 5.84. The molecule has 0 unspecified atom stereocenters. The molecule has 0 bridgehead atoms. The number of nitrogens with one attached hydrogen (secondary N) is 1. The summed E-state index contributed by atoms with van der Waals surface area (Å²) in [7, 11) is 0. The molecule has 0 fully saturated rings. The summed E-state index contributed by atoms with van der Waals surface area (Å²) in [6.45, 7) is 9.90. The first kappa shape index (κ1) is 19.9. The Morgan fingerprint density at radius 2 is 1.70 bits per heavy atom. The van der Waals surface area contributed by atoms with Gasteiger partial charge >= 0.3 is 0 Å². The van der Waals surface area contributed by atoms with Gasteiger partial charge in [0.1, 0.15) is 11.3 Å². The maximum Gasteiger partial charge on any atom is 0.196 e. The third-order valence-corrected chi connectivity index (χ3v) is 5.49. The second-order valence-electron chi connectivity index (χ2n) is 7.93. The largest absolute Gasteiger partial charge is 0.455 e. The van der Waals surface area contributed by atoms with Gasteiger partial charge in [-0.2, -0.15) is 0 Å². The molecule has 0 amide bonds.